The molecule has 0 amide bonds. The summed E-state index contributed by atoms with van der Waals surface area (Å²) in [4.78, 5) is 0. The van der Waals surface area contributed by atoms with Gasteiger partial charge in [0.1, 0.15) is 0 Å². The highest BCUT2D eigenvalue weighted by Gasteiger charge is 2.27. The molecule has 1 aliphatic carbocycles. The van der Waals surface area contributed by atoms with Crippen molar-refractivity contribution in [3.8, 4) is 0 Å². The molecular formula is C14H18O2. The van der Waals surface area contributed by atoms with E-state index >= 15 is 0 Å². The summed E-state index contributed by atoms with van der Waals surface area (Å²) in [7, 11) is 0. The average Bonchev–Trinajstić information content (AvgIpc) is 2.62. The molecule has 2 nitrogen and oxygen atoms in total. The largest absolute Gasteiger partial charge is 0.389 e. The van der Waals surface area contributed by atoms with Gasteiger partial charge in [-0.15, -0.1) is 0 Å². The maximum Gasteiger partial charge on any atom is 0.0776 e. The molecule has 0 saturated heterocycles. The van der Waals surface area contributed by atoms with Crippen molar-refractivity contribution < 1.29 is 9.84 Å². The fourth-order valence-corrected chi connectivity index (χ4v) is 2.02. The molecule has 1 aliphatic rings. The minimum Gasteiger partial charge on any atom is -0.389 e. The van der Waals surface area contributed by atoms with Crippen LogP contribution in [0.25, 0.3) is 0 Å². The van der Waals surface area contributed by atoms with Crippen LogP contribution in [0.1, 0.15) is 12.5 Å². The van der Waals surface area contributed by atoms with Crippen molar-refractivity contribution in [2.24, 2.45) is 11.8 Å². The van der Waals surface area contributed by atoms with E-state index in [-0.39, 0.29) is 12.0 Å². The molecule has 0 aromatic heterocycles. The predicted octanol–water partition coefficient (Wildman–Crippen LogP) is 2.39. The molecule has 1 aromatic carbocycles. The van der Waals surface area contributed by atoms with E-state index < -0.39 is 0 Å². The van der Waals surface area contributed by atoms with Crippen LogP contribution >= 0.6 is 0 Å². The Hall–Kier alpha value is -1.12. The molecule has 0 heterocycles. The van der Waals surface area contributed by atoms with Gasteiger partial charge in [0.2, 0.25) is 0 Å². The van der Waals surface area contributed by atoms with E-state index in [9.17, 15) is 5.11 Å². The van der Waals surface area contributed by atoms with Crippen molar-refractivity contribution in [1.82, 2.24) is 0 Å². The molecule has 0 spiro atoms. The van der Waals surface area contributed by atoms with Gasteiger partial charge in [0.05, 0.1) is 19.3 Å². The second-order valence-electron chi connectivity index (χ2n) is 4.40. The van der Waals surface area contributed by atoms with E-state index in [1.165, 1.54) is 5.56 Å². The van der Waals surface area contributed by atoms with E-state index in [0.717, 1.165) is 0 Å². The summed E-state index contributed by atoms with van der Waals surface area (Å²) in [5, 5.41) is 9.69. The lowest BCUT2D eigenvalue weighted by atomic mass is 9.97. The van der Waals surface area contributed by atoms with Crippen LogP contribution in [-0.2, 0) is 11.3 Å². The lowest BCUT2D eigenvalue weighted by molar-refractivity contribution is 0.0327. The first-order valence-electron chi connectivity index (χ1n) is 5.75. The Morgan fingerprint density at radius 1 is 1.19 bits per heavy atom. The Balaban J connectivity index is 1.76. The number of aliphatic hydroxyl groups excluding tert-OH is 1. The highest BCUT2D eigenvalue weighted by molar-refractivity contribution is 5.13. The predicted molar refractivity (Wildman–Crippen MR) is 63.9 cm³/mol. The molecule has 2 rings (SSSR count). The van der Waals surface area contributed by atoms with Crippen molar-refractivity contribution in [2.75, 3.05) is 6.61 Å². The van der Waals surface area contributed by atoms with Crippen LogP contribution < -0.4 is 0 Å². The van der Waals surface area contributed by atoms with Gasteiger partial charge < -0.3 is 9.84 Å². The van der Waals surface area contributed by atoms with Crippen LogP contribution in [0.3, 0.4) is 0 Å². The van der Waals surface area contributed by atoms with Gasteiger partial charge in [-0.25, -0.2) is 0 Å². The number of ether oxygens (including phenoxy) is 1. The third kappa shape index (κ3) is 2.71. The minimum atomic E-state index is -0.342. The van der Waals surface area contributed by atoms with Crippen LogP contribution in [-0.4, -0.2) is 17.8 Å². The summed E-state index contributed by atoms with van der Waals surface area (Å²) in [6.07, 6.45) is 3.58. The molecular weight excluding hydrogens is 200 g/mol. The van der Waals surface area contributed by atoms with Gasteiger partial charge in [-0.05, 0) is 11.5 Å². The Morgan fingerprint density at radius 3 is 2.56 bits per heavy atom. The summed E-state index contributed by atoms with van der Waals surface area (Å²) < 4.78 is 5.64. The number of allylic oxidation sites excluding steroid dienone is 1. The maximum absolute atomic E-state index is 9.69. The number of benzene rings is 1. The van der Waals surface area contributed by atoms with E-state index in [1.54, 1.807) is 0 Å². The van der Waals surface area contributed by atoms with E-state index in [1.807, 2.05) is 36.4 Å². The monoisotopic (exact) mass is 218 g/mol. The highest BCUT2D eigenvalue weighted by Crippen LogP contribution is 2.25. The summed E-state index contributed by atoms with van der Waals surface area (Å²) in [5.74, 6) is 0.620. The Kier molecular flexibility index (Phi) is 3.75. The van der Waals surface area contributed by atoms with Crippen LogP contribution in [0.15, 0.2) is 42.5 Å². The summed E-state index contributed by atoms with van der Waals surface area (Å²) in [6, 6.07) is 10.1. The first-order valence-corrected chi connectivity index (χ1v) is 5.75. The number of hydrogen-bond donors (Lipinski definition) is 1. The summed E-state index contributed by atoms with van der Waals surface area (Å²) in [6.45, 7) is 3.35. The molecule has 86 valence electrons. The van der Waals surface area contributed by atoms with Gasteiger partial charge >= 0.3 is 0 Å². The van der Waals surface area contributed by atoms with Gasteiger partial charge in [0, 0.05) is 5.92 Å². The number of aliphatic hydroxyl groups is 1. The quantitative estimate of drug-likeness (QED) is 0.786. The zero-order valence-electron chi connectivity index (χ0n) is 9.54. The molecule has 0 aliphatic heterocycles. The Bertz CT molecular complexity index is 333. The van der Waals surface area contributed by atoms with E-state index in [0.29, 0.717) is 19.1 Å². The number of hydrogen-bond acceptors (Lipinski definition) is 2. The zero-order chi connectivity index (χ0) is 11.4. The lowest BCUT2D eigenvalue weighted by Crippen LogP contribution is -2.23. The van der Waals surface area contributed by atoms with Crippen LogP contribution in [0.4, 0.5) is 0 Å². The first kappa shape index (κ1) is 11.4. The standard InChI is InChI=1S/C14H18O2/c1-11-7-8-14(15)13(11)10-16-9-12-5-3-2-4-6-12/h2-8,11,13-15H,9-10H2,1H3/t11-,13+,14+/m1/s1. The van der Waals surface area contributed by atoms with Gasteiger partial charge in [-0.2, -0.15) is 0 Å². The van der Waals surface area contributed by atoms with E-state index in [4.69, 9.17) is 4.74 Å². The first-order chi connectivity index (χ1) is 7.77. The van der Waals surface area contributed by atoms with Gasteiger partial charge in [0.15, 0.2) is 0 Å². The normalized spacial score (nSPS) is 28.5. The molecule has 2 heteroatoms. The van der Waals surface area contributed by atoms with Crippen LogP contribution in [0, 0.1) is 11.8 Å². The van der Waals surface area contributed by atoms with E-state index in [2.05, 4.69) is 13.0 Å². The van der Waals surface area contributed by atoms with Gasteiger partial charge in [0.25, 0.3) is 0 Å². The Morgan fingerprint density at radius 2 is 1.94 bits per heavy atom. The number of rotatable bonds is 4. The van der Waals surface area contributed by atoms with Crippen LogP contribution in [0.5, 0.6) is 0 Å². The third-order valence-corrected chi connectivity index (χ3v) is 3.15. The molecule has 0 bridgehead atoms. The van der Waals surface area contributed by atoms with Crippen LogP contribution in [0.2, 0.25) is 0 Å². The fraction of sp³-hybridized carbons (Fsp3) is 0.429. The Labute approximate surface area is 96.6 Å². The second kappa shape index (κ2) is 5.28. The summed E-state index contributed by atoms with van der Waals surface area (Å²) in [5.41, 5.74) is 1.18. The van der Waals surface area contributed by atoms with Gasteiger partial charge in [-0.3, -0.25) is 0 Å². The van der Waals surface area contributed by atoms with Crippen molar-refractivity contribution in [3.05, 3.63) is 48.0 Å². The molecule has 1 N–H and O–H groups in total. The third-order valence-electron chi connectivity index (χ3n) is 3.15. The van der Waals surface area contributed by atoms with Crippen molar-refractivity contribution in [2.45, 2.75) is 19.6 Å². The zero-order valence-corrected chi connectivity index (χ0v) is 9.54. The molecule has 1 aromatic rings. The fourth-order valence-electron chi connectivity index (χ4n) is 2.02. The highest BCUT2D eigenvalue weighted by atomic mass is 16.5. The summed E-state index contributed by atoms with van der Waals surface area (Å²) >= 11 is 0. The topological polar surface area (TPSA) is 29.5 Å². The molecule has 16 heavy (non-hydrogen) atoms. The minimum absolute atomic E-state index is 0.212. The second-order valence-corrected chi connectivity index (χ2v) is 4.40. The van der Waals surface area contributed by atoms with Crippen molar-refractivity contribution in [1.29, 1.82) is 0 Å². The molecule has 0 radical (unpaired) electrons. The maximum atomic E-state index is 9.69. The molecule has 0 unspecified atom stereocenters. The van der Waals surface area contributed by atoms with Crippen molar-refractivity contribution in [3.63, 3.8) is 0 Å². The smallest absolute Gasteiger partial charge is 0.0776 e. The molecule has 0 fully saturated rings. The SMILES string of the molecule is C[C@@H]1C=C[C@H](O)[C@H]1COCc1ccccc1. The average molecular weight is 218 g/mol. The lowest BCUT2D eigenvalue weighted by Gasteiger charge is -2.19. The molecule has 0 saturated carbocycles. The molecule has 3 atom stereocenters. The van der Waals surface area contributed by atoms with Crippen molar-refractivity contribution >= 4 is 0 Å². The van der Waals surface area contributed by atoms with Gasteiger partial charge in [-0.1, -0.05) is 49.4 Å².